The lowest BCUT2D eigenvalue weighted by Crippen LogP contribution is -2.13. The Kier molecular flexibility index (Phi) is 4.35. The van der Waals surface area contributed by atoms with Crippen LogP contribution in [0.15, 0.2) is 18.2 Å². The fraction of sp³-hybridized carbons (Fsp3) is 0.333. The van der Waals surface area contributed by atoms with Crippen LogP contribution in [0.4, 0.5) is 0 Å². The molecule has 0 heterocycles. The average molecular weight is 235 g/mol. The first-order valence-electron chi connectivity index (χ1n) is 5.15. The molecule has 5 heteroatoms. The molecule has 0 bridgehead atoms. The summed E-state index contributed by atoms with van der Waals surface area (Å²) >= 11 is 0. The SMILES string of the molecule is CCOc1cccc(C(=O)O)c1OC(C)C#N. The monoisotopic (exact) mass is 235 g/mol. The molecule has 1 atom stereocenters. The van der Waals surface area contributed by atoms with Crippen LogP contribution < -0.4 is 9.47 Å². The second kappa shape index (κ2) is 5.75. The van der Waals surface area contributed by atoms with Crippen molar-refractivity contribution in [3.63, 3.8) is 0 Å². The van der Waals surface area contributed by atoms with Crippen LogP contribution in [0.25, 0.3) is 0 Å². The lowest BCUT2D eigenvalue weighted by Gasteiger charge is -2.15. The number of ether oxygens (including phenoxy) is 2. The van der Waals surface area contributed by atoms with Crippen LogP contribution in [0, 0.1) is 11.3 Å². The Balaban J connectivity index is 3.19. The van der Waals surface area contributed by atoms with E-state index in [1.54, 1.807) is 19.1 Å². The van der Waals surface area contributed by atoms with Gasteiger partial charge in [0.05, 0.1) is 6.61 Å². The van der Waals surface area contributed by atoms with Crippen molar-refractivity contribution >= 4 is 5.97 Å². The van der Waals surface area contributed by atoms with Gasteiger partial charge in [-0.1, -0.05) is 6.07 Å². The fourth-order valence-electron chi connectivity index (χ4n) is 1.28. The van der Waals surface area contributed by atoms with Gasteiger partial charge in [-0.05, 0) is 26.0 Å². The summed E-state index contributed by atoms with van der Waals surface area (Å²) in [6.45, 7) is 3.71. The third kappa shape index (κ3) is 3.11. The van der Waals surface area contributed by atoms with E-state index >= 15 is 0 Å². The van der Waals surface area contributed by atoms with Gasteiger partial charge in [0.1, 0.15) is 11.6 Å². The number of carboxylic acids is 1. The number of para-hydroxylation sites is 1. The van der Waals surface area contributed by atoms with Crippen LogP contribution >= 0.6 is 0 Å². The zero-order chi connectivity index (χ0) is 12.8. The Morgan fingerprint density at radius 1 is 1.59 bits per heavy atom. The van der Waals surface area contributed by atoms with Gasteiger partial charge in [-0.2, -0.15) is 5.26 Å². The Morgan fingerprint density at radius 2 is 2.29 bits per heavy atom. The Bertz CT molecular complexity index is 450. The largest absolute Gasteiger partial charge is 0.490 e. The molecule has 90 valence electrons. The van der Waals surface area contributed by atoms with Crippen molar-refractivity contribution in [2.45, 2.75) is 20.0 Å². The van der Waals surface area contributed by atoms with Gasteiger partial charge in [-0.25, -0.2) is 4.79 Å². The maximum Gasteiger partial charge on any atom is 0.339 e. The van der Waals surface area contributed by atoms with Gasteiger partial charge in [0.25, 0.3) is 0 Å². The van der Waals surface area contributed by atoms with E-state index in [2.05, 4.69) is 0 Å². The normalized spacial score (nSPS) is 11.4. The molecule has 0 spiro atoms. The van der Waals surface area contributed by atoms with E-state index in [-0.39, 0.29) is 11.3 Å². The maximum atomic E-state index is 11.0. The van der Waals surface area contributed by atoms with Gasteiger partial charge < -0.3 is 14.6 Å². The number of carbonyl (C=O) groups is 1. The summed E-state index contributed by atoms with van der Waals surface area (Å²) in [4.78, 5) is 11.0. The van der Waals surface area contributed by atoms with Gasteiger partial charge in [0.15, 0.2) is 17.6 Å². The molecule has 0 saturated heterocycles. The lowest BCUT2D eigenvalue weighted by molar-refractivity contribution is 0.0690. The molecule has 0 radical (unpaired) electrons. The summed E-state index contributed by atoms with van der Waals surface area (Å²) in [6.07, 6.45) is -0.741. The standard InChI is InChI=1S/C12H13NO4/c1-3-16-10-6-4-5-9(12(14)15)11(10)17-8(2)7-13/h4-6,8H,3H2,1-2H3,(H,14,15). The van der Waals surface area contributed by atoms with Crippen LogP contribution in [0.5, 0.6) is 11.5 Å². The van der Waals surface area contributed by atoms with Crippen molar-refractivity contribution in [2.24, 2.45) is 0 Å². The molecule has 0 aromatic heterocycles. The van der Waals surface area contributed by atoms with Crippen LogP contribution in [-0.4, -0.2) is 23.8 Å². The third-order valence-electron chi connectivity index (χ3n) is 1.99. The van der Waals surface area contributed by atoms with Crippen molar-refractivity contribution in [1.29, 1.82) is 5.26 Å². The molecule has 0 amide bonds. The number of rotatable bonds is 5. The third-order valence-corrected chi connectivity index (χ3v) is 1.99. The van der Waals surface area contributed by atoms with Crippen LogP contribution in [0.2, 0.25) is 0 Å². The minimum absolute atomic E-state index is 0.0157. The number of hydrogen-bond acceptors (Lipinski definition) is 4. The molecular formula is C12H13NO4. The quantitative estimate of drug-likeness (QED) is 0.845. The summed E-state index contributed by atoms with van der Waals surface area (Å²) in [5.41, 5.74) is -0.0157. The van der Waals surface area contributed by atoms with Crippen molar-refractivity contribution < 1.29 is 19.4 Å². The van der Waals surface area contributed by atoms with E-state index < -0.39 is 12.1 Å². The van der Waals surface area contributed by atoms with E-state index in [4.69, 9.17) is 19.8 Å². The molecule has 1 N–H and O–H groups in total. The molecule has 0 aliphatic heterocycles. The van der Waals surface area contributed by atoms with E-state index in [1.807, 2.05) is 6.07 Å². The Labute approximate surface area is 99.2 Å². The van der Waals surface area contributed by atoms with Crippen molar-refractivity contribution in [3.05, 3.63) is 23.8 Å². The molecular weight excluding hydrogens is 222 g/mol. The number of nitrogens with zero attached hydrogens (tertiary/aromatic N) is 1. The number of aromatic carboxylic acids is 1. The highest BCUT2D eigenvalue weighted by Crippen LogP contribution is 2.32. The highest BCUT2D eigenvalue weighted by Gasteiger charge is 2.18. The minimum Gasteiger partial charge on any atom is -0.490 e. The van der Waals surface area contributed by atoms with Gasteiger partial charge >= 0.3 is 5.97 Å². The summed E-state index contributed by atoms with van der Waals surface area (Å²) < 4.78 is 10.5. The molecule has 0 aliphatic rings. The number of benzene rings is 1. The van der Waals surface area contributed by atoms with Crippen LogP contribution in [-0.2, 0) is 0 Å². The second-order valence-corrected chi connectivity index (χ2v) is 3.26. The maximum absolute atomic E-state index is 11.0. The van der Waals surface area contributed by atoms with E-state index in [0.717, 1.165) is 0 Å². The molecule has 0 saturated carbocycles. The smallest absolute Gasteiger partial charge is 0.339 e. The van der Waals surface area contributed by atoms with Crippen molar-refractivity contribution in [1.82, 2.24) is 0 Å². The molecule has 0 fully saturated rings. The topological polar surface area (TPSA) is 79.6 Å². The Morgan fingerprint density at radius 3 is 2.82 bits per heavy atom. The predicted octanol–water partition coefficient (Wildman–Crippen LogP) is 2.07. The van der Waals surface area contributed by atoms with E-state index in [1.165, 1.54) is 13.0 Å². The van der Waals surface area contributed by atoms with Crippen molar-refractivity contribution in [2.75, 3.05) is 6.61 Å². The molecule has 1 aromatic rings. The number of carboxylic acid groups (broad SMARTS) is 1. The molecule has 1 aromatic carbocycles. The number of nitriles is 1. The Hall–Kier alpha value is -2.22. The molecule has 1 rings (SSSR count). The molecule has 0 aliphatic carbocycles. The first kappa shape index (κ1) is 12.8. The highest BCUT2D eigenvalue weighted by atomic mass is 16.5. The molecule has 5 nitrogen and oxygen atoms in total. The highest BCUT2D eigenvalue weighted by molar-refractivity contribution is 5.92. The van der Waals surface area contributed by atoms with Gasteiger partial charge in [0, 0.05) is 0 Å². The lowest BCUT2D eigenvalue weighted by atomic mass is 10.2. The summed E-state index contributed by atoms with van der Waals surface area (Å²) in [5.74, 6) is -0.697. The number of hydrogen-bond donors (Lipinski definition) is 1. The predicted molar refractivity (Wildman–Crippen MR) is 60.3 cm³/mol. The summed E-state index contributed by atoms with van der Waals surface area (Å²) in [6, 6.07) is 6.46. The second-order valence-electron chi connectivity index (χ2n) is 3.26. The van der Waals surface area contributed by atoms with Crippen LogP contribution in [0.3, 0.4) is 0 Å². The summed E-state index contributed by atoms with van der Waals surface area (Å²) in [5, 5.41) is 17.7. The van der Waals surface area contributed by atoms with Gasteiger partial charge in [-0.15, -0.1) is 0 Å². The van der Waals surface area contributed by atoms with Gasteiger partial charge in [0.2, 0.25) is 0 Å². The van der Waals surface area contributed by atoms with E-state index in [9.17, 15) is 4.79 Å². The average Bonchev–Trinajstić information content (AvgIpc) is 2.31. The van der Waals surface area contributed by atoms with E-state index in [0.29, 0.717) is 12.4 Å². The van der Waals surface area contributed by atoms with Crippen LogP contribution in [0.1, 0.15) is 24.2 Å². The first-order chi connectivity index (χ1) is 8.10. The summed E-state index contributed by atoms with van der Waals surface area (Å²) in [7, 11) is 0. The molecule has 17 heavy (non-hydrogen) atoms. The first-order valence-corrected chi connectivity index (χ1v) is 5.15. The van der Waals surface area contributed by atoms with Gasteiger partial charge in [-0.3, -0.25) is 0 Å². The minimum atomic E-state index is -1.12. The fourth-order valence-corrected chi connectivity index (χ4v) is 1.28. The zero-order valence-corrected chi connectivity index (χ0v) is 9.64. The van der Waals surface area contributed by atoms with Crippen molar-refractivity contribution in [3.8, 4) is 17.6 Å². The molecule has 1 unspecified atom stereocenters. The zero-order valence-electron chi connectivity index (χ0n) is 9.64.